The maximum Gasteiger partial charge on any atom is 0.433 e. The summed E-state index contributed by atoms with van der Waals surface area (Å²) in [6.07, 6.45) is -5.06. The van der Waals surface area contributed by atoms with Gasteiger partial charge in [0.15, 0.2) is 17.3 Å². The van der Waals surface area contributed by atoms with Gasteiger partial charge in [-0.1, -0.05) is 16.8 Å². The van der Waals surface area contributed by atoms with Crippen LogP contribution in [0.2, 0.25) is 5.02 Å². The largest absolute Gasteiger partial charge is 0.433 e. The van der Waals surface area contributed by atoms with E-state index in [0.717, 1.165) is 19.2 Å². The lowest BCUT2D eigenvalue weighted by atomic mass is 10.1. The maximum atomic E-state index is 14.7. The Bertz CT molecular complexity index is 1010. The van der Waals surface area contributed by atoms with Crippen LogP contribution in [0.25, 0.3) is 5.69 Å². The number of hydrogen-bond donors (Lipinski definition) is 2. The molecule has 0 aliphatic rings. The van der Waals surface area contributed by atoms with Crippen molar-refractivity contribution in [3.63, 3.8) is 0 Å². The van der Waals surface area contributed by atoms with Crippen molar-refractivity contribution in [3.05, 3.63) is 61.1 Å². The Kier molecular flexibility index (Phi) is 4.98. The predicted molar refractivity (Wildman–Crippen MR) is 84.2 cm³/mol. The lowest BCUT2D eigenvalue weighted by molar-refractivity contribution is -0.143. The van der Waals surface area contributed by atoms with Gasteiger partial charge in [-0.3, -0.25) is 4.79 Å². The summed E-state index contributed by atoms with van der Waals surface area (Å²) in [4.78, 5) is 28.5. The highest BCUT2D eigenvalue weighted by Gasteiger charge is 2.36. The minimum absolute atomic E-state index is 0.0573. The summed E-state index contributed by atoms with van der Waals surface area (Å²) in [5.74, 6) is 3.30. The van der Waals surface area contributed by atoms with E-state index in [1.54, 1.807) is 0 Å². The van der Waals surface area contributed by atoms with Crippen LogP contribution in [0.4, 0.5) is 17.6 Å². The van der Waals surface area contributed by atoms with Crippen molar-refractivity contribution in [3.8, 4) is 5.69 Å². The molecule has 0 aliphatic heterocycles. The number of aromatic nitrogens is 2. The van der Waals surface area contributed by atoms with Gasteiger partial charge in [-0.25, -0.2) is 18.4 Å². The summed E-state index contributed by atoms with van der Waals surface area (Å²) in [6, 6.07) is 2.02. The highest BCUT2D eigenvalue weighted by molar-refractivity contribution is 6.34. The molecule has 0 amide bonds. The van der Waals surface area contributed by atoms with E-state index in [2.05, 4.69) is 9.99 Å². The lowest BCUT2D eigenvalue weighted by Gasteiger charge is -2.15. The number of rotatable bonds is 3. The van der Waals surface area contributed by atoms with E-state index in [-0.39, 0.29) is 20.3 Å². The molecule has 4 N–H and O–H groups in total. The Labute approximate surface area is 146 Å². The van der Waals surface area contributed by atoms with Crippen LogP contribution >= 0.6 is 11.6 Å². The molecule has 0 unspecified atom stereocenters. The van der Waals surface area contributed by atoms with Gasteiger partial charge >= 0.3 is 11.9 Å². The molecule has 8 nitrogen and oxygen atoms in total. The van der Waals surface area contributed by atoms with Crippen LogP contribution in [0.5, 0.6) is 0 Å². The summed E-state index contributed by atoms with van der Waals surface area (Å²) in [5.41, 5.74) is -0.517. The molecule has 13 heteroatoms. The second-order valence-electron chi connectivity index (χ2n) is 4.77. The molecular formula is C13H10ClF4N5O3. The Hall–Kier alpha value is -3.02. The van der Waals surface area contributed by atoms with E-state index in [4.69, 9.17) is 23.2 Å². The SMILES string of the molecule is CON=C(N)c1c(Cl)ccc(-n2c(=O)cc(C(F)(F)F)n(N)c2=O)c1F. The van der Waals surface area contributed by atoms with Gasteiger partial charge in [-0.15, -0.1) is 0 Å². The molecule has 2 rings (SSSR count). The highest BCUT2D eigenvalue weighted by atomic mass is 35.5. The van der Waals surface area contributed by atoms with Gasteiger partial charge in [0.05, 0.1) is 16.3 Å². The van der Waals surface area contributed by atoms with Crippen molar-refractivity contribution in [1.29, 1.82) is 0 Å². The lowest BCUT2D eigenvalue weighted by Crippen LogP contribution is -2.45. The third kappa shape index (κ3) is 3.22. The first-order valence-electron chi connectivity index (χ1n) is 6.57. The molecule has 2 aromatic rings. The number of benzene rings is 1. The quantitative estimate of drug-likeness (QED) is 0.262. The molecule has 0 aliphatic carbocycles. The minimum Gasteiger partial charge on any atom is -0.397 e. The van der Waals surface area contributed by atoms with Crippen molar-refractivity contribution in [1.82, 2.24) is 9.24 Å². The molecule has 140 valence electrons. The van der Waals surface area contributed by atoms with Crippen LogP contribution in [-0.4, -0.2) is 22.2 Å². The zero-order valence-corrected chi connectivity index (χ0v) is 13.6. The fourth-order valence-corrected chi connectivity index (χ4v) is 2.33. The highest BCUT2D eigenvalue weighted by Crippen LogP contribution is 2.27. The molecule has 0 saturated heterocycles. The Morgan fingerprint density at radius 2 is 1.92 bits per heavy atom. The standard InChI is InChI=1S/C13H10ClF4N5O3/c1-26-21-11(19)9-5(14)2-3-6(10(9)15)22-8(24)4-7(13(16,17)18)23(20)12(22)25/h2-4H,20H2,1H3,(H2,19,21). The fourth-order valence-electron chi connectivity index (χ4n) is 2.09. The second-order valence-corrected chi connectivity index (χ2v) is 5.18. The van der Waals surface area contributed by atoms with Crippen molar-refractivity contribution in [2.75, 3.05) is 13.0 Å². The third-order valence-corrected chi connectivity index (χ3v) is 3.50. The van der Waals surface area contributed by atoms with Crippen LogP contribution in [0, 0.1) is 5.82 Å². The number of oxime groups is 1. The number of hydrogen-bond acceptors (Lipinski definition) is 5. The molecule has 0 radical (unpaired) electrons. The Balaban J connectivity index is 2.85. The summed E-state index contributed by atoms with van der Waals surface area (Å²) in [5, 5.41) is 3.05. The summed E-state index contributed by atoms with van der Waals surface area (Å²) in [7, 11) is 1.12. The first-order valence-corrected chi connectivity index (χ1v) is 6.95. The van der Waals surface area contributed by atoms with E-state index >= 15 is 0 Å². The third-order valence-electron chi connectivity index (χ3n) is 3.19. The van der Waals surface area contributed by atoms with Crippen molar-refractivity contribution in [2.24, 2.45) is 10.9 Å². The summed E-state index contributed by atoms with van der Waals surface area (Å²) >= 11 is 5.81. The molecule has 0 bridgehead atoms. The number of halogens is 5. The van der Waals surface area contributed by atoms with E-state index in [9.17, 15) is 27.2 Å². The topological polar surface area (TPSA) is 118 Å². The molecule has 0 fully saturated rings. The summed E-state index contributed by atoms with van der Waals surface area (Å²) < 4.78 is 52.9. The second kappa shape index (κ2) is 6.71. The zero-order valence-electron chi connectivity index (χ0n) is 12.8. The number of amidine groups is 1. The van der Waals surface area contributed by atoms with Crippen molar-refractivity contribution < 1.29 is 22.4 Å². The molecule has 0 saturated carbocycles. The van der Waals surface area contributed by atoms with Gasteiger partial charge in [0, 0.05) is 6.07 Å². The van der Waals surface area contributed by atoms with E-state index < -0.39 is 46.0 Å². The van der Waals surface area contributed by atoms with Crippen LogP contribution in [0.15, 0.2) is 32.9 Å². The molecule has 1 aromatic heterocycles. The zero-order chi connectivity index (χ0) is 19.8. The van der Waals surface area contributed by atoms with Crippen molar-refractivity contribution in [2.45, 2.75) is 6.18 Å². The van der Waals surface area contributed by atoms with E-state index in [1.165, 1.54) is 0 Å². The van der Waals surface area contributed by atoms with E-state index in [0.29, 0.717) is 0 Å². The van der Waals surface area contributed by atoms with Crippen LogP contribution in [0.1, 0.15) is 11.3 Å². The Morgan fingerprint density at radius 3 is 2.46 bits per heavy atom. The van der Waals surface area contributed by atoms with Crippen LogP contribution < -0.4 is 22.8 Å². The normalized spacial score (nSPS) is 12.3. The number of alkyl halides is 3. The van der Waals surface area contributed by atoms with Crippen LogP contribution in [-0.2, 0) is 11.0 Å². The maximum absolute atomic E-state index is 14.7. The van der Waals surface area contributed by atoms with Gasteiger partial charge in [0.25, 0.3) is 5.56 Å². The van der Waals surface area contributed by atoms with Crippen LogP contribution in [0.3, 0.4) is 0 Å². The number of nitrogens with zero attached hydrogens (tertiary/aromatic N) is 3. The number of nitrogens with two attached hydrogens (primary N) is 2. The average Bonchev–Trinajstić information content (AvgIpc) is 2.52. The Morgan fingerprint density at radius 1 is 1.31 bits per heavy atom. The molecule has 0 spiro atoms. The molecule has 1 heterocycles. The van der Waals surface area contributed by atoms with Gasteiger partial charge in [0.2, 0.25) is 0 Å². The average molecular weight is 396 g/mol. The van der Waals surface area contributed by atoms with Gasteiger partial charge in [0.1, 0.15) is 7.11 Å². The van der Waals surface area contributed by atoms with Gasteiger partial charge < -0.3 is 16.4 Å². The summed E-state index contributed by atoms with van der Waals surface area (Å²) in [6.45, 7) is 0. The number of nitrogen functional groups attached to an aromatic ring is 1. The monoisotopic (exact) mass is 395 g/mol. The predicted octanol–water partition coefficient (Wildman–Crippen LogP) is 0.791. The van der Waals surface area contributed by atoms with Crippen molar-refractivity contribution >= 4 is 17.4 Å². The smallest absolute Gasteiger partial charge is 0.397 e. The minimum atomic E-state index is -5.06. The van der Waals surface area contributed by atoms with E-state index in [1.807, 2.05) is 0 Å². The first kappa shape index (κ1) is 19.3. The molecule has 26 heavy (non-hydrogen) atoms. The first-order chi connectivity index (χ1) is 12.0. The molecule has 1 aromatic carbocycles. The fraction of sp³-hybridized carbons (Fsp3) is 0.154. The molecule has 0 atom stereocenters. The van der Waals surface area contributed by atoms with Gasteiger partial charge in [-0.05, 0) is 12.1 Å². The molecular weight excluding hydrogens is 386 g/mol. The van der Waals surface area contributed by atoms with Gasteiger partial charge in [-0.2, -0.15) is 13.2 Å².